The molecule has 30 heavy (non-hydrogen) atoms. The molecule has 0 unspecified atom stereocenters. The average Bonchev–Trinajstić information content (AvgIpc) is 3.19. The lowest BCUT2D eigenvalue weighted by Crippen LogP contribution is -2.30. The van der Waals surface area contributed by atoms with E-state index in [0.717, 1.165) is 45.3 Å². The Kier molecular flexibility index (Phi) is 4.91. The van der Waals surface area contributed by atoms with E-state index in [1.165, 1.54) is 38.2 Å². The lowest BCUT2D eigenvalue weighted by molar-refractivity contribution is 0.372. The van der Waals surface area contributed by atoms with Gasteiger partial charge >= 0.3 is 5.63 Å². The third kappa shape index (κ3) is 3.54. The molecule has 154 valence electrons. The van der Waals surface area contributed by atoms with Crippen LogP contribution >= 0.6 is 0 Å². The van der Waals surface area contributed by atoms with E-state index in [1.807, 2.05) is 44.3 Å². The highest BCUT2D eigenvalue weighted by Crippen LogP contribution is 2.34. The quantitative estimate of drug-likeness (QED) is 0.447. The van der Waals surface area contributed by atoms with Crippen LogP contribution in [0.15, 0.2) is 50.2 Å². The summed E-state index contributed by atoms with van der Waals surface area (Å²) in [6, 6.07) is 10.0. The third-order valence-electron chi connectivity index (χ3n) is 6.17. The first kappa shape index (κ1) is 19.1. The van der Waals surface area contributed by atoms with Gasteiger partial charge in [-0.05, 0) is 49.9 Å². The van der Waals surface area contributed by atoms with Gasteiger partial charge < -0.3 is 14.2 Å². The van der Waals surface area contributed by atoms with Crippen LogP contribution in [0.25, 0.3) is 33.3 Å². The zero-order chi connectivity index (χ0) is 20.7. The lowest BCUT2D eigenvalue weighted by atomic mass is 9.95. The molecule has 5 heteroatoms. The predicted molar refractivity (Wildman–Crippen MR) is 119 cm³/mol. The number of hydrogen-bond acceptors (Lipinski definition) is 5. The van der Waals surface area contributed by atoms with Crippen molar-refractivity contribution in [2.75, 3.05) is 0 Å². The number of aromatic nitrogens is 1. The smallest absolute Gasteiger partial charge is 0.336 e. The van der Waals surface area contributed by atoms with E-state index in [2.05, 4.69) is 10.3 Å². The fourth-order valence-electron chi connectivity index (χ4n) is 4.51. The molecule has 3 aromatic heterocycles. The average molecular weight is 402 g/mol. The number of furan rings is 1. The second kappa shape index (κ2) is 7.73. The fourth-order valence-corrected chi connectivity index (χ4v) is 4.51. The number of benzene rings is 1. The monoisotopic (exact) mass is 402 g/mol. The second-order valence-corrected chi connectivity index (χ2v) is 8.42. The Morgan fingerprint density at radius 3 is 2.70 bits per heavy atom. The minimum absolute atomic E-state index is 0.377. The molecule has 0 amide bonds. The summed E-state index contributed by atoms with van der Waals surface area (Å²) >= 11 is 0. The standard InChI is InChI=1S/C25H26N2O3/c1-15-8-9-19-21(12-24(28)29-22(19)10-15)23-11-20-17(13-26-16(2)25(20)30-23)14-27-18-6-4-3-5-7-18/h8-13,18,27H,3-7,14H2,1-2H3. The Hall–Kier alpha value is -2.92. The van der Waals surface area contributed by atoms with Crippen molar-refractivity contribution in [3.63, 3.8) is 0 Å². The molecule has 0 radical (unpaired) electrons. The van der Waals surface area contributed by atoms with Crippen LogP contribution in [-0.2, 0) is 6.54 Å². The van der Waals surface area contributed by atoms with Gasteiger partial charge in [0.2, 0.25) is 0 Å². The maximum absolute atomic E-state index is 12.2. The summed E-state index contributed by atoms with van der Waals surface area (Å²) in [5.74, 6) is 0.668. The van der Waals surface area contributed by atoms with E-state index in [1.54, 1.807) is 0 Å². The molecule has 1 fully saturated rings. The van der Waals surface area contributed by atoms with Crippen molar-refractivity contribution < 1.29 is 8.83 Å². The Morgan fingerprint density at radius 2 is 1.87 bits per heavy atom. The van der Waals surface area contributed by atoms with Gasteiger partial charge in [-0.2, -0.15) is 0 Å². The van der Waals surface area contributed by atoms with Gasteiger partial charge in [-0.15, -0.1) is 0 Å². The SMILES string of the molecule is Cc1ccc2c(-c3cc4c(CNC5CCCCC5)cnc(C)c4o3)cc(=O)oc2c1. The van der Waals surface area contributed by atoms with Crippen LogP contribution in [0.4, 0.5) is 0 Å². The van der Waals surface area contributed by atoms with Crippen LogP contribution < -0.4 is 10.9 Å². The van der Waals surface area contributed by atoms with Gasteiger partial charge in [0.1, 0.15) is 11.3 Å². The molecule has 0 saturated heterocycles. The van der Waals surface area contributed by atoms with Crippen molar-refractivity contribution in [1.29, 1.82) is 0 Å². The number of aryl methyl sites for hydroxylation is 2. The maximum atomic E-state index is 12.2. The predicted octanol–water partition coefficient (Wildman–Crippen LogP) is 5.64. The fraction of sp³-hybridized carbons (Fsp3) is 0.360. The zero-order valence-corrected chi connectivity index (χ0v) is 17.5. The summed E-state index contributed by atoms with van der Waals surface area (Å²) in [6.45, 7) is 4.70. The molecule has 5 nitrogen and oxygen atoms in total. The molecule has 0 atom stereocenters. The van der Waals surface area contributed by atoms with E-state index >= 15 is 0 Å². The van der Waals surface area contributed by atoms with Crippen molar-refractivity contribution in [3.8, 4) is 11.3 Å². The highest BCUT2D eigenvalue weighted by molar-refractivity contribution is 5.95. The van der Waals surface area contributed by atoms with Gasteiger partial charge in [0, 0.05) is 41.2 Å². The Bertz CT molecular complexity index is 1280. The summed E-state index contributed by atoms with van der Waals surface area (Å²) in [6.07, 6.45) is 8.37. The summed E-state index contributed by atoms with van der Waals surface area (Å²) in [5.41, 5.74) is 4.75. The van der Waals surface area contributed by atoms with Crippen LogP contribution in [0.3, 0.4) is 0 Å². The number of nitrogens with zero attached hydrogens (tertiary/aromatic N) is 1. The largest absolute Gasteiger partial charge is 0.454 e. The Morgan fingerprint density at radius 1 is 1.03 bits per heavy atom. The molecule has 4 aromatic rings. The molecule has 0 bridgehead atoms. The molecule has 5 rings (SSSR count). The molecular formula is C25H26N2O3. The summed E-state index contributed by atoms with van der Waals surface area (Å²) < 4.78 is 11.7. The van der Waals surface area contributed by atoms with Crippen molar-refractivity contribution in [3.05, 3.63) is 63.8 Å². The molecule has 0 aliphatic heterocycles. The van der Waals surface area contributed by atoms with E-state index in [0.29, 0.717) is 17.4 Å². The minimum atomic E-state index is -0.377. The van der Waals surface area contributed by atoms with Gasteiger partial charge in [0.05, 0.1) is 5.69 Å². The third-order valence-corrected chi connectivity index (χ3v) is 6.17. The highest BCUT2D eigenvalue weighted by Gasteiger charge is 2.18. The highest BCUT2D eigenvalue weighted by atomic mass is 16.4. The summed E-state index contributed by atoms with van der Waals surface area (Å²) in [4.78, 5) is 16.7. The van der Waals surface area contributed by atoms with Gasteiger partial charge in [-0.3, -0.25) is 4.98 Å². The van der Waals surface area contributed by atoms with Crippen molar-refractivity contribution in [1.82, 2.24) is 10.3 Å². The molecular weight excluding hydrogens is 376 g/mol. The molecule has 1 aromatic carbocycles. The van der Waals surface area contributed by atoms with Crippen LogP contribution in [-0.4, -0.2) is 11.0 Å². The van der Waals surface area contributed by atoms with Gasteiger partial charge in [0.15, 0.2) is 5.58 Å². The Balaban J connectivity index is 1.57. The van der Waals surface area contributed by atoms with Crippen molar-refractivity contribution in [2.24, 2.45) is 0 Å². The van der Waals surface area contributed by atoms with Crippen molar-refractivity contribution >= 4 is 21.9 Å². The van der Waals surface area contributed by atoms with Crippen LogP contribution in [0.2, 0.25) is 0 Å². The molecule has 1 aliphatic carbocycles. The minimum Gasteiger partial charge on any atom is -0.454 e. The van der Waals surface area contributed by atoms with E-state index in [-0.39, 0.29) is 5.63 Å². The van der Waals surface area contributed by atoms with Crippen LogP contribution in [0, 0.1) is 13.8 Å². The number of rotatable bonds is 4. The first-order chi connectivity index (χ1) is 14.6. The molecule has 3 heterocycles. The number of nitrogens with one attached hydrogen (secondary N) is 1. The zero-order valence-electron chi connectivity index (χ0n) is 17.5. The van der Waals surface area contributed by atoms with Gasteiger partial charge in [-0.25, -0.2) is 4.79 Å². The maximum Gasteiger partial charge on any atom is 0.336 e. The van der Waals surface area contributed by atoms with Crippen LogP contribution in [0.5, 0.6) is 0 Å². The number of pyridine rings is 1. The Labute approximate surface area is 175 Å². The lowest BCUT2D eigenvalue weighted by Gasteiger charge is -2.22. The molecule has 1 N–H and O–H groups in total. The van der Waals surface area contributed by atoms with E-state index in [4.69, 9.17) is 8.83 Å². The van der Waals surface area contributed by atoms with E-state index in [9.17, 15) is 4.79 Å². The summed E-state index contributed by atoms with van der Waals surface area (Å²) in [5, 5.41) is 5.61. The van der Waals surface area contributed by atoms with Gasteiger partial charge in [-0.1, -0.05) is 31.4 Å². The molecule has 1 aliphatic rings. The number of fused-ring (bicyclic) bond motifs is 2. The first-order valence-corrected chi connectivity index (χ1v) is 10.7. The van der Waals surface area contributed by atoms with Crippen molar-refractivity contribution in [2.45, 2.75) is 58.5 Å². The first-order valence-electron chi connectivity index (χ1n) is 10.7. The van der Waals surface area contributed by atoms with Gasteiger partial charge in [0.25, 0.3) is 0 Å². The molecule has 1 saturated carbocycles. The van der Waals surface area contributed by atoms with E-state index < -0.39 is 0 Å². The normalized spacial score (nSPS) is 15.3. The second-order valence-electron chi connectivity index (χ2n) is 8.42. The number of hydrogen-bond donors (Lipinski definition) is 1. The van der Waals surface area contributed by atoms with Crippen LogP contribution in [0.1, 0.15) is 48.9 Å². The topological polar surface area (TPSA) is 68.3 Å². The molecule has 0 spiro atoms. The summed E-state index contributed by atoms with van der Waals surface area (Å²) in [7, 11) is 0.